The summed E-state index contributed by atoms with van der Waals surface area (Å²) in [7, 11) is -8.00. The van der Waals surface area contributed by atoms with Crippen LogP contribution in [0.3, 0.4) is 0 Å². The fourth-order valence-corrected chi connectivity index (χ4v) is 6.78. The van der Waals surface area contributed by atoms with E-state index in [0.29, 0.717) is 26.8 Å². The van der Waals surface area contributed by atoms with Gasteiger partial charge in [-0.15, -0.1) is 11.3 Å². The molecule has 0 saturated carbocycles. The Balaban J connectivity index is 1.77. The molecule has 1 saturated heterocycles. The van der Waals surface area contributed by atoms with Crippen molar-refractivity contribution in [3.63, 3.8) is 0 Å². The molecular weight excluding hydrogens is 650 g/mol. The van der Waals surface area contributed by atoms with Crippen LogP contribution < -0.4 is 9.79 Å². The summed E-state index contributed by atoms with van der Waals surface area (Å²) >= 11 is 1.30. The van der Waals surface area contributed by atoms with E-state index in [0.717, 1.165) is 10.6 Å². The van der Waals surface area contributed by atoms with Crippen LogP contribution >= 0.6 is 11.3 Å². The number of alkyl halides is 3. The Hall–Kier alpha value is -3.39. The second-order valence-electron chi connectivity index (χ2n) is 9.88. The van der Waals surface area contributed by atoms with Crippen molar-refractivity contribution < 1.29 is 44.4 Å². The maximum absolute atomic E-state index is 13.4. The first-order valence-corrected chi connectivity index (χ1v) is 17.4. The summed E-state index contributed by atoms with van der Waals surface area (Å²) in [6.07, 6.45) is -2.90. The zero-order chi connectivity index (χ0) is 32.3. The van der Waals surface area contributed by atoms with E-state index in [-0.39, 0.29) is 60.6 Å². The predicted molar refractivity (Wildman–Crippen MR) is 157 cm³/mol. The molecule has 44 heavy (non-hydrogen) atoms. The predicted octanol–water partition coefficient (Wildman–Crippen LogP) is 3.25. The maximum Gasteiger partial charge on any atom is 0.493 e. The third-order valence-electron chi connectivity index (χ3n) is 6.02. The van der Waals surface area contributed by atoms with E-state index in [1.807, 2.05) is 13.8 Å². The minimum atomic E-state index is -5.47. The molecule has 0 bridgehead atoms. The number of hydrogen-bond donors (Lipinski definition) is 1. The number of nitrogens with one attached hydrogen (secondary N) is 1. The molecule has 1 aliphatic heterocycles. The first-order chi connectivity index (χ1) is 20.6. The molecule has 3 aromatic rings. The number of carbonyl (C=O) groups is 1. The lowest BCUT2D eigenvalue weighted by atomic mass is 10.1. The molecule has 1 aromatic carbocycles. The average Bonchev–Trinajstić information content (AvgIpc) is 3.41. The van der Waals surface area contributed by atoms with Crippen LogP contribution in [0.2, 0.25) is 0 Å². The van der Waals surface area contributed by atoms with Crippen molar-refractivity contribution in [1.82, 2.24) is 19.3 Å². The zero-order valence-electron chi connectivity index (χ0n) is 23.7. The highest BCUT2D eigenvalue weighted by Crippen LogP contribution is 2.40. The summed E-state index contributed by atoms with van der Waals surface area (Å²) < 4.78 is 95.4. The highest BCUT2D eigenvalue weighted by atomic mass is 32.2. The molecule has 0 amide bonds. The van der Waals surface area contributed by atoms with Crippen LogP contribution in [0.15, 0.2) is 36.5 Å². The summed E-state index contributed by atoms with van der Waals surface area (Å²) in [5, 5.41) is 3.54. The minimum Gasteiger partial charge on any atom is -0.379 e. The second-order valence-corrected chi connectivity index (χ2v) is 14.9. The van der Waals surface area contributed by atoms with Crippen molar-refractivity contribution in [2.24, 2.45) is 0 Å². The van der Waals surface area contributed by atoms with Gasteiger partial charge in [0.2, 0.25) is 5.95 Å². The van der Waals surface area contributed by atoms with Crippen molar-refractivity contribution in [2.45, 2.75) is 25.9 Å². The third kappa shape index (κ3) is 8.20. The number of rotatable bonds is 11. The topological polar surface area (TPSA) is 161 Å². The van der Waals surface area contributed by atoms with Gasteiger partial charge in [-0.1, -0.05) is 30.4 Å². The van der Waals surface area contributed by atoms with Crippen molar-refractivity contribution in [2.75, 3.05) is 54.6 Å². The molecule has 19 heteroatoms. The molecule has 0 spiro atoms. The molecule has 13 nitrogen and oxygen atoms in total. The molecule has 4 rings (SSSR count). The van der Waals surface area contributed by atoms with Crippen LogP contribution in [-0.4, -0.2) is 93.1 Å². The number of anilines is 2. The largest absolute Gasteiger partial charge is 0.493 e. The van der Waals surface area contributed by atoms with Gasteiger partial charge >= 0.3 is 22.4 Å². The number of nitrogens with zero attached hydrogens (tertiary/aromatic N) is 5. The first kappa shape index (κ1) is 33.5. The summed E-state index contributed by atoms with van der Waals surface area (Å²) in [5.41, 5.74) is 0.679. The highest BCUT2D eigenvalue weighted by Gasteiger charge is 2.46. The lowest BCUT2D eigenvalue weighted by molar-refractivity contribution is -0.199. The summed E-state index contributed by atoms with van der Waals surface area (Å²) in [6.45, 7) is 3.58. The number of aromatic nitrogens is 3. The van der Waals surface area contributed by atoms with E-state index >= 15 is 0 Å². The van der Waals surface area contributed by atoms with Crippen LogP contribution in [0.25, 0.3) is 21.8 Å². The van der Waals surface area contributed by atoms with Gasteiger partial charge in [0, 0.05) is 43.6 Å². The van der Waals surface area contributed by atoms with E-state index in [1.165, 1.54) is 35.7 Å². The van der Waals surface area contributed by atoms with Gasteiger partial charge in [-0.2, -0.15) is 25.9 Å². The Bertz CT molecular complexity index is 1710. The Morgan fingerprint density at radius 2 is 1.86 bits per heavy atom. The van der Waals surface area contributed by atoms with Gasteiger partial charge in [-0.05, 0) is 18.2 Å². The molecule has 2 aromatic heterocycles. The minimum absolute atomic E-state index is 0.00449. The standard InChI is InChI=1S/C25H29F3N6O7S3/c1-16(2)22-32-20(21(42-22)19-7-8-29-24(31-19)30-9-14-43(3,36)37)17-5-4-6-18(15-17)34(41-23(35)25(26,27)28)44(38,39)33-10-12-40-13-11-33/h4-8,15-16H,9-14H2,1-3H3,(H,29,30,31). The van der Waals surface area contributed by atoms with E-state index in [4.69, 9.17) is 9.72 Å². The summed E-state index contributed by atoms with van der Waals surface area (Å²) in [4.78, 5) is 30.2. The van der Waals surface area contributed by atoms with Crippen LogP contribution in [0.5, 0.6) is 0 Å². The lowest BCUT2D eigenvalue weighted by Gasteiger charge is -2.31. The van der Waals surface area contributed by atoms with Gasteiger partial charge in [0.25, 0.3) is 0 Å². The number of morpholine rings is 1. The van der Waals surface area contributed by atoms with Gasteiger partial charge in [-0.25, -0.2) is 28.2 Å². The third-order valence-corrected chi connectivity index (χ3v) is 10.1. The Labute approximate surface area is 256 Å². The summed E-state index contributed by atoms with van der Waals surface area (Å²) in [6, 6.07) is 7.01. The van der Waals surface area contributed by atoms with Crippen LogP contribution in [0.1, 0.15) is 24.8 Å². The number of ether oxygens (including phenoxy) is 1. The fraction of sp³-hybridized carbons (Fsp3) is 0.440. The molecule has 1 N–H and O–H groups in total. The quantitative estimate of drug-likeness (QED) is 0.297. The highest BCUT2D eigenvalue weighted by molar-refractivity contribution is 7.90. The maximum atomic E-state index is 13.4. The van der Waals surface area contributed by atoms with Gasteiger partial charge in [0.1, 0.15) is 9.84 Å². The normalized spacial score (nSPS) is 14.9. The van der Waals surface area contributed by atoms with Crippen molar-refractivity contribution in [1.29, 1.82) is 0 Å². The Morgan fingerprint density at radius 1 is 1.16 bits per heavy atom. The molecule has 0 unspecified atom stereocenters. The van der Waals surface area contributed by atoms with E-state index < -0.39 is 32.2 Å². The lowest BCUT2D eigenvalue weighted by Crippen LogP contribution is -2.50. The number of thiazole rings is 1. The van der Waals surface area contributed by atoms with Gasteiger partial charge in [0.05, 0.1) is 45.9 Å². The second kappa shape index (κ2) is 13.3. The Kier molecular flexibility index (Phi) is 10.1. The zero-order valence-corrected chi connectivity index (χ0v) is 26.2. The summed E-state index contributed by atoms with van der Waals surface area (Å²) in [5.74, 6) is -2.73. The van der Waals surface area contributed by atoms with Crippen molar-refractivity contribution in [3.05, 3.63) is 41.5 Å². The van der Waals surface area contributed by atoms with E-state index in [9.17, 15) is 34.8 Å². The first-order valence-electron chi connectivity index (χ1n) is 13.1. The molecular formula is C25H29F3N6O7S3. The molecule has 1 fully saturated rings. The van der Waals surface area contributed by atoms with E-state index in [2.05, 4.69) is 20.1 Å². The Morgan fingerprint density at radius 3 is 2.50 bits per heavy atom. The SMILES string of the molecule is CC(C)c1nc(-c2cccc(N(OC(=O)C(F)(F)F)S(=O)(=O)N3CCOCC3)c2)c(-c2ccnc(NCCS(C)(=O)=O)n2)s1. The monoisotopic (exact) mass is 678 g/mol. The molecule has 0 radical (unpaired) electrons. The number of benzene rings is 1. The molecule has 0 atom stereocenters. The van der Waals surface area contributed by atoms with Crippen molar-refractivity contribution in [3.8, 4) is 21.8 Å². The van der Waals surface area contributed by atoms with Gasteiger partial charge < -0.3 is 14.9 Å². The van der Waals surface area contributed by atoms with Gasteiger partial charge in [-0.3, -0.25) is 0 Å². The molecule has 3 heterocycles. The molecule has 1 aliphatic rings. The number of sulfone groups is 1. The number of carbonyl (C=O) groups excluding carboxylic acids is 1. The molecule has 0 aliphatic carbocycles. The van der Waals surface area contributed by atoms with Crippen LogP contribution in [0, 0.1) is 0 Å². The van der Waals surface area contributed by atoms with Crippen LogP contribution in [0.4, 0.5) is 24.8 Å². The van der Waals surface area contributed by atoms with Crippen molar-refractivity contribution >= 4 is 49.0 Å². The fourth-order valence-electron chi connectivity index (χ4n) is 3.88. The smallest absolute Gasteiger partial charge is 0.379 e. The average molecular weight is 679 g/mol. The molecule has 240 valence electrons. The van der Waals surface area contributed by atoms with Gasteiger partial charge in [0.15, 0.2) is 0 Å². The number of hydrogen-bond acceptors (Lipinski definition) is 12. The van der Waals surface area contributed by atoms with E-state index in [1.54, 1.807) is 12.1 Å². The number of halogens is 3. The van der Waals surface area contributed by atoms with Crippen LogP contribution in [-0.2, 0) is 34.4 Å².